The SMILES string of the molecule is COC(=O)C(C)Nc1nc(C)ccc1C#N. The van der Waals surface area contributed by atoms with Crippen LogP contribution in [-0.2, 0) is 9.53 Å². The highest BCUT2D eigenvalue weighted by atomic mass is 16.5. The molecule has 1 aromatic heterocycles. The quantitative estimate of drug-likeness (QED) is 0.774. The van der Waals surface area contributed by atoms with Crippen molar-refractivity contribution in [3.05, 3.63) is 23.4 Å². The summed E-state index contributed by atoms with van der Waals surface area (Å²) in [6.07, 6.45) is 0. The van der Waals surface area contributed by atoms with Crippen LogP contribution in [0.4, 0.5) is 5.82 Å². The smallest absolute Gasteiger partial charge is 0.328 e. The number of carbonyl (C=O) groups is 1. The minimum absolute atomic E-state index is 0.396. The molecule has 0 fully saturated rings. The zero-order chi connectivity index (χ0) is 12.1. The maximum absolute atomic E-state index is 11.2. The van der Waals surface area contributed by atoms with Crippen molar-refractivity contribution in [1.82, 2.24) is 4.98 Å². The summed E-state index contributed by atoms with van der Waals surface area (Å²) < 4.78 is 4.58. The molecule has 0 amide bonds. The van der Waals surface area contributed by atoms with Gasteiger partial charge in [-0.2, -0.15) is 5.26 Å². The second kappa shape index (κ2) is 5.12. The first kappa shape index (κ1) is 12.0. The first-order chi connectivity index (χ1) is 7.58. The summed E-state index contributed by atoms with van der Waals surface area (Å²) in [5.41, 5.74) is 1.18. The van der Waals surface area contributed by atoms with Crippen LogP contribution in [0.25, 0.3) is 0 Å². The van der Waals surface area contributed by atoms with Gasteiger partial charge in [0, 0.05) is 5.69 Å². The van der Waals surface area contributed by atoms with Crippen molar-refractivity contribution in [1.29, 1.82) is 5.26 Å². The summed E-state index contributed by atoms with van der Waals surface area (Å²) in [6, 6.07) is 4.88. The predicted octanol–water partition coefficient (Wildman–Crippen LogP) is 1.24. The Morgan fingerprint density at radius 2 is 2.31 bits per heavy atom. The monoisotopic (exact) mass is 219 g/mol. The number of nitriles is 1. The summed E-state index contributed by atoms with van der Waals surface area (Å²) >= 11 is 0. The lowest BCUT2D eigenvalue weighted by Gasteiger charge is -2.13. The summed E-state index contributed by atoms with van der Waals surface area (Å²) in [7, 11) is 1.31. The van der Waals surface area contributed by atoms with Gasteiger partial charge in [0.05, 0.1) is 12.7 Å². The molecule has 0 radical (unpaired) electrons. The van der Waals surface area contributed by atoms with E-state index in [1.807, 2.05) is 13.0 Å². The van der Waals surface area contributed by atoms with Crippen molar-refractivity contribution < 1.29 is 9.53 Å². The van der Waals surface area contributed by atoms with Crippen molar-refractivity contribution in [2.24, 2.45) is 0 Å². The molecular weight excluding hydrogens is 206 g/mol. The Morgan fingerprint density at radius 1 is 1.62 bits per heavy atom. The number of esters is 1. The molecule has 0 saturated carbocycles. The first-order valence-electron chi connectivity index (χ1n) is 4.80. The molecule has 5 nitrogen and oxygen atoms in total. The van der Waals surface area contributed by atoms with Gasteiger partial charge in [0.2, 0.25) is 0 Å². The number of nitrogens with one attached hydrogen (secondary N) is 1. The van der Waals surface area contributed by atoms with Crippen LogP contribution in [0.3, 0.4) is 0 Å². The van der Waals surface area contributed by atoms with Crippen LogP contribution >= 0.6 is 0 Å². The molecule has 1 heterocycles. The standard InChI is InChI=1S/C11H13N3O2/c1-7-4-5-9(6-12)10(13-7)14-8(2)11(15)16-3/h4-5,8H,1-3H3,(H,13,14). The van der Waals surface area contributed by atoms with E-state index in [0.29, 0.717) is 11.4 Å². The first-order valence-corrected chi connectivity index (χ1v) is 4.80. The largest absolute Gasteiger partial charge is 0.467 e. The molecule has 84 valence electrons. The van der Waals surface area contributed by atoms with Gasteiger partial charge < -0.3 is 10.1 Å². The Balaban J connectivity index is 2.92. The van der Waals surface area contributed by atoms with E-state index in [2.05, 4.69) is 15.0 Å². The van der Waals surface area contributed by atoms with E-state index in [1.165, 1.54) is 7.11 Å². The number of aromatic nitrogens is 1. The van der Waals surface area contributed by atoms with E-state index < -0.39 is 12.0 Å². The molecule has 1 aromatic rings. The molecule has 5 heteroatoms. The van der Waals surface area contributed by atoms with E-state index in [0.717, 1.165) is 5.69 Å². The fourth-order valence-electron chi connectivity index (χ4n) is 1.20. The fourth-order valence-corrected chi connectivity index (χ4v) is 1.20. The number of hydrogen-bond donors (Lipinski definition) is 1. The molecule has 1 rings (SSSR count). The number of nitrogens with zero attached hydrogens (tertiary/aromatic N) is 2. The van der Waals surface area contributed by atoms with Crippen LogP contribution < -0.4 is 5.32 Å². The lowest BCUT2D eigenvalue weighted by molar-refractivity contribution is -0.141. The van der Waals surface area contributed by atoms with Crippen molar-refractivity contribution in [2.45, 2.75) is 19.9 Å². The molecule has 0 aromatic carbocycles. The molecular formula is C11H13N3O2. The lowest BCUT2D eigenvalue weighted by Crippen LogP contribution is -2.28. The summed E-state index contributed by atoms with van der Waals surface area (Å²) in [6.45, 7) is 3.46. The van der Waals surface area contributed by atoms with Gasteiger partial charge in [0.25, 0.3) is 0 Å². The van der Waals surface area contributed by atoms with Crippen LogP contribution in [0.5, 0.6) is 0 Å². The van der Waals surface area contributed by atoms with Crippen molar-refractivity contribution in [3.8, 4) is 6.07 Å². The van der Waals surface area contributed by atoms with Gasteiger partial charge in [-0.15, -0.1) is 0 Å². The molecule has 1 unspecified atom stereocenters. The molecule has 0 aliphatic rings. The van der Waals surface area contributed by atoms with Gasteiger partial charge in [-0.05, 0) is 26.0 Å². The third kappa shape index (κ3) is 2.70. The number of ether oxygens (including phenoxy) is 1. The van der Waals surface area contributed by atoms with E-state index in [4.69, 9.17) is 5.26 Å². The van der Waals surface area contributed by atoms with Gasteiger partial charge in [0.1, 0.15) is 17.9 Å². The number of pyridine rings is 1. The van der Waals surface area contributed by atoms with E-state index in [9.17, 15) is 4.79 Å². The van der Waals surface area contributed by atoms with Gasteiger partial charge >= 0.3 is 5.97 Å². The third-order valence-electron chi connectivity index (χ3n) is 2.06. The van der Waals surface area contributed by atoms with Crippen LogP contribution in [0, 0.1) is 18.3 Å². The number of methoxy groups -OCH3 is 1. The Labute approximate surface area is 94.1 Å². The number of hydrogen-bond acceptors (Lipinski definition) is 5. The number of aryl methyl sites for hydroxylation is 1. The summed E-state index contributed by atoms with van der Waals surface area (Å²) in [5.74, 6) is 0.00703. The van der Waals surface area contributed by atoms with Crippen LogP contribution in [0.1, 0.15) is 18.2 Å². The average Bonchev–Trinajstić information content (AvgIpc) is 2.28. The highest BCUT2D eigenvalue weighted by molar-refractivity contribution is 5.78. The second-order valence-corrected chi connectivity index (χ2v) is 3.35. The Kier molecular flexibility index (Phi) is 3.84. The highest BCUT2D eigenvalue weighted by Gasteiger charge is 2.15. The summed E-state index contributed by atoms with van der Waals surface area (Å²) in [4.78, 5) is 15.4. The zero-order valence-electron chi connectivity index (χ0n) is 9.44. The molecule has 0 spiro atoms. The minimum Gasteiger partial charge on any atom is -0.467 e. The van der Waals surface area contributed by atoms with E-state index in [-0.39, 0.29) is 0 Å². The van der Waals surface area contributed by atoms with Crippen molar-refractivity contribution in [3.63, 3.8) is 0 Å². The molecule has 0 saturated heterocycles. The maximum Gasteiger partial charge on any atom is 0.328 e. The number of anilines is 1. The third-order valence-corrected chi connectivity index (χ3v) is 2.06. The van der Waals surface area contributed by atoms with E-state index >= 15 is 0 Å². The molecule has 1 atom stereocenters. The topological polar surface area (TPSA) is 75.0 Å². The maximum atomic E-state index is 11.2. The lowest BCUT2D eigenvalue weighted by atomic mass is 10.2. The Morgan fingerprint density at radius 3 is 2.88 bits per heavy atom. The minimum atomic E-state index is -0.536. The van der Waals surface area contributed by atoms with Crippen LogP contribution in [0.2, 0.25) is 0 Å². The van der Waals surface area contributed by atoms with Gasteiger partial charge in [-0.3, -0.25) is 0 Å². The Bertz CT molecular complexity index is 437. The second-order valence-electron chi connectivity index (χ2n) is 3.35. The summed E-state index contributed by atoms with van der Waals surface area (Å²) in [5, 5.41) is 11.7. The average molecular weight is 219 g/mol. The van der Waals surface area contributed by atoms with E-state index in [1.54, 1.807) is 19.1 Å². The fraction of sp³-hybridized carbons (Fsp3) is 0.364. The van der Waals surface area contributed by atoms with Gasteiger partial charge in [-0.1, -0.05) is 0 Å². The normalized spacial score (nSPS) is 11.4. The predicted molar refractivity (Wildman–Crippen MR) is 58.8 cm³/mol. The molecule has 1 N–H and O–H groups in total. The molecule has 16 heavy (non-hydrogen) atoms. The van der Waals surface area contributed by atoms with Crippen LogP contribution in [-0.4, -0.2) is 24.1 Å². The zero-order valence-corrected chi connectivity index (χ0v) is 9.44. The Hall–Kier alpha value is -2.09. The van der Waals surface area contributed by atoms with Gasteiger partial charge in [0.15, 0.2) is 0 Å². The molecule has 0 aliphatic heterocycles. The van der Waals surface area contributed by atoms with Crippen LogP contribution in [0.15, 0.2) is 12.1 Å². The number of rotatable bonds is 3. The number of carbonyl (C=O) groups excluding carboxylic acids is 1. The van der Waals surface area contributed by atoms with Gasteiger partial charge in [-0.25, -0.2) is 9.78 Å². The highest BCUT2D eigenvalue weighted by Crippen LogP contribution is 2.13. The van der Waals surface area contributed by atoms with Crippen molar-refractivity contribution in [2.75, 3.05) is 12.4 Å². The molecule has 0 bridgehead atoms. The van der Waals surface area contributed by atoms with Crippen molar-refractivity contribution >= 4 is 11.8 Å². The molecule has 0 aliphatic carbocycles.